The van der Waals surface area contributed by atoms with Crippen molar-refractivity contribution in [3.8, 4) is 11.5 Å². The minimum atomic E-state index is -0.704. The molecular weight excluding hydrogens is 292 g/mol. The van der Waals surface area contributed by atoms with E-state index in [0.29, 0.717) is 11.5 Å². The Hall–Kier alpha value is -2.82. The number of hydrazone groups is 1. The highest BCUT2D eigenvalue weighted by Crippen LogP contribution is 2.30. The first-order chi connectivity index (χ1) is 11.3. The summed E-state index contributed by atoms with van der Waals surface area (Å²) in [7, 11) is 0. The molecule has 3 rings (SSSR count). The van der Waals surface area contributed by atoms with Gasteiger partial charge in [0.05, 0.1) is 6.21 Å². The normalized spacial score (nSPS) is 16.3. The molecule has 0 aromatic heterocycles. The molecule has 1 unspecified atom stereocenters. The van der Waals surface area contributed by atoms with Crippen LogP contribution in [0.5, 0.6) is 11.5 Å². The first-order valence-electron chi connectivity index (χ1n) is 7.56. The molecule has 5 heteroatoms. The fourth-order valence-electron chi connectivity index (χ4n) is 2.23. The van der Waals surface area contributed by atoms with E-state index in [2.05, 4.69) is 17.5 Å². The molecule has 118 valence electrons. The number of carbonyl (C=O) groups excluding carboxylic acids is 1. The molecular formula is C18H18N2O3. The summed E-state index contributed by atoms with van der Waals surface area (Å²) in [5, 5.41) is 3.97. The second-order valence-electron chi connectivity index (χ2n) is 5.19. The van der Waals surface area contributed by atoms with Crippen LogP contribution in [0.1, 0.15) is 18.1 Å². The number of para-hydroxylation sites is 2. The molecule has 1 heterocycles. The van der Waals surface area contributed by atoms with Crippen LogP contribution in [-0.4, -0.2) is 24.8 Å². The fourth-order valence-corrected chi connectivity index (χ4v) is 2.23. The zero-order valence-electron chi connectivity index (χ0n) is 12.9. The highest BCUT2D eigenvalue weighted by atomic mass is 16.6. The lowest BCUT2D eigenvalue weighted by Gasteiger charge is -2.24. The van der Waals surface area contributed by atoms with Gasteiger partial charge in [-0.3, -0.25) is 4.79 Å². The van der Waals surface area contributed by atoms with Crippen LogP contribution in [0.2, 0.25) is 0 Å². The van der Waals surface area contributed by atoms with Crippen molar-refractivity contribution in [2.75, 3.05) is 6.61 Å². The number of hydrogen-bond donors (Lipinski definition) is 1. The van der Waals surface area contributed by atoms with Crippen molar-refractivity contribution in [2.24, 2.45) is 5.10 Å². The monoisotopic (exact) mass is 310 g/mol. The van der Waals surface area contributed by atoms with E-state index in [1.165, 1.54) is 5.56 Å². The Labute approximate surface area is 134 Å². The van der Waals surface area contributed by atoms with Crippen LogP contribution in [0.4, 0.5) is 0 Å². The van der Waals surface area contributed by atoms with E-state index < -0.39 is 6.10 Å². The molecule has 2 aromatic carbocycles. The van der Waals surface area contributed by atoms with E-state index in [9.17, 15) is 4.79 Å². The van der Waals surface area contributed by atoms with Crippen LogP contribution in [0, 0.1) is 0 Å². The van der Waals surface area contributed by atoms with Crippen molar-refractivity contribution < 1.29 is 14.3 Å². The molecule has 0 spiro atoms. The lowest BCUT2D eigenvalue weighted by atomic mass is 10.1. The van der Waals surface area contributed by atoms with Gasteiger partial charge < -0.3 is 9.47 Å². The SMILES string of the molecule is CCc1ccc(/C=N/NC(=O)C2COc3ccccc3O2)cc1. The number of amides is 1. The van der Waals surface area contributed by atoms with Crippen LogP contribution < -0.4 is 14.9 Å². The number of rotatable bonds is 4. The Kier molecular flexibility index (Phi) is 4.57. The van der Waals surface area contributed by atoms with E-state index in [1.54, 1.807) is 12.3 Å². The second-order valence-corrected chi connectivity index (χ2v) is 5.19. The maximum atomic E-state index is 12.1. The maximum Gasteiger partial charge on any atom is 0.284 e. The molecule has 23 heavy (non-hydrogen) atoms. The Balaban J connectivity index is 1.56. The van der Waals surface area contributed by atoms with Crippen molar-refractivity contribution in [3.63, 3.8) is 0 Å². The predicted molar refractivity (Wildman–Crippen MR) is 87.9 cm³/mol. The van der Waals surface area contributed by atoms with Gasteiger partial charge in [-0.1, -0.05) is 43.3 Å². The molecule has 0 aliphatic carbocycles. The third-order valence-corrected chi connectivity index (χ3v) is 3.58. The smallest absolute Gasteiger partial charge is 0.284 e. The lowest BCUT2D eigenvalue weighted by Crippen LogP contribution is -2.42. The van der Waals surface area contributed by atoms with Gasteiger partial charge in [0, 0.05) is 0 Å². The largest absolute Gasteiger partial charge is 0.485 e. The molecule has 5 nitrogen and oxygen atoms in total. The summed E-state index contributed by atoms with van der Waals surface area (Å²) >= 11 is 0. The second kappa shape index (κ2) is 6.96. The first-order valence-corrected chi connectivity index (χ1v) is 7.56. The summed E-state index contributed by atoms with van der Waals surface area (Å²) in [5.74, 6) is 0.884. The van der Waals surface area contributed by atoms with E-state index >= 15 is 0 Å². The van der Waals surface area contributed by atoms with Gasteiger partial charge in [-0.15, -0.1) is 0 Å². The molecule has 0 saturated heterocycles. The molecule has 1 aliphatic rings. The number of nitrogens with zero attached hydrogens (tertiary/aromatic N) is 1. The van der Waals surface area contributed by atoms with Gasteiger partial charge in [0.25, 0.3) is 5.91 Å². The van der Waals surface area contributed by atoms with Crippen LogP contribution in [0.25, 0.3) is 0 Å². The molecule has 1 amide bonds. The van der Waals surface area contributed by atoms with Gasteiger partial charge in [-0.05, 0) is 29.7 Å². The third kappa shape index (κ3) is 3.69. The first kappa shape index (κ1) is 15.1. The molecule has 2 aromatic rings. The summed E-state index contributed by atoms with van der Waals surface area (Å²) in [5.41, 5.74) is 4.67. The molecule has 1 atom stereocenters. The van der Waals surface area contributed by atoms with Crippen molar-refractivity contribution in [3.05, 3.63) is 59.7 Å². The molecule has 1 aliphatic heterocycles. The average molecular weight is 310 g/mol. The zero-order valence-corrected chi connectivity index (χ0v) is 12.9. The number of carbonyl (C=O) groups is 1. The Morgan fingerprint density at radius 3 is 2.70 bits per heavy atom. The van der Waals surface area contributed by atoms with E-state index in [0.717, 1.165) is 12.0 Å². The Bertz CT molecular complexity index is 710. The average Bonchev–Trinajstić information content (AvgIpc) is 2.61. The molecule has 0 saturated carbocycles. The number of aryl methyl sites for hydroxylation is 1. The molecule has 0 fully saturated rings. The highest BCUT2D eigenvalue weighted by molar-refractivity contribution is 5.84. The summed E-state index contributed by atoms with van der Waals surface area (Å²) in [4.78, 5) is 12.1. The van der Waals surface area contributed by atoms with Crippen LogP contribution in [0.3, 0.4) is 0 Å². The van der Waals surface area contributed by atoms with Crippen LogP contribution in [-0.2, 0) is 11.2 Å². The van der Waals surface area contributed by atoms with Gasteiger partial charge in [0.15, 0.2) is 11.5 Å². The number of ether oxygens (including phenoxy) is 2. The van der Waals surface area contributed by atoms with Gasteiger partial charge in [-0.25, -0.2) is 5.43 Å². The van der Waals surface area contributed by atoms with Crippen LogP contribution >= 0.6 is 0 Å². The maximum absolute atomic E-state index is 12.1. The Morgan fingerprint density at radius 2 is 1.96 bits per heavy atom. The van der Waals surface area contributed by atoms with Gasteiger partial charge in [0.2, 0.25) is 6.10 Å². The fraction of sp³-hybridized carbons (Fsp3) is 0.222. The topological polar surface area (TPSA) is 59.9 Å². The lowest BCUT2D eigenvalue weighted by molar-refractivity contribution is -0.130. The summed E-state index contributed by atoms with van der Waals surface area (Å²) in [6.07, 6.45) is 1.90. The van der Waals surface area contributed by atoms with E-state index in [4.69, 9.17) is 9.47 Å². The van der Waals surface area contributed by atoms with E-state index in [-0.39, 0.29) is 12.5 Å². The zero-order chi connectivity index (χ0) is 16.1. The van der Waals surface area contributed by atoms with E-state index in [1.807, 2.05) is 42.5 Å². The van der Waals surface area contributed by atoms with Gasteiger partial charge in [-0.2, -0.15) is 5.10 Å². The number of hydrogen-bond acceptors (Lipinski definition) is 4. The molecule has 1 N–H and O–H groups in total. The number of nitrogens with one attached hydrogen (secondary N) is 1. The number of fused-ring (bicyclic) bond motifs is 1. The van der Waals surface area contributed by atoms with Crippen molar-refractivity contribution >= 4 is 12.1 Å². The number of benzene rings is 2. The van der Waals surface area contributed by atoms with Gasteiger partial charge >= 0.3 is 0 Å². The quantitative estimate of drug-likeness (QED) is 0.697. The molecule has 0 bridgehead atoms. The van der Waals surface area contributed by atoms with Gasteiger partial charge in [0.1, 0.15) is 6.61 Å². The highest BCUT2D eigenvalue weighted by Gasteiger charge is 2.26. The van der Waals surface area contributed by atoms with Crippen molar-refractivity contribution in [2.45, 2.75) is 19.4 Å². The third-order valence-electron chi connectivity index (χ3n) is 3.58. The molecule has 0 radical (unpaired) electrons. The predicted octanol–water partition coefficient (Wildman–Crippen LogP) is 2.54. The van der Waals surface area contributed by atoms with Crippen LogP contribution in [0.15, 0.2) is 53.6 Å². The Morgan fingerprint density at radius 1 is 1.22 bits per heavy atom. The standard InChI is InChI=1S/C18H18N2O3/c1-2-13-7-9-14(10-8-13)11-19-20-18(21)17-12-22-15-5-3-4-6-16(15)23-17/h3-11,17H,2,12H2,1H3,(H,20,21)/b19-11+. The van der Waals surface area contributed by atoms with Crippen molar-refractivity contribution in [1.29, 1.82) is 0 Å². The minimum absolute atomic E-state index is 0.170. The summed E-state index contributed by atoms with van der Waals surface area (Å²) in [6, 6.07) is 15.3. The summed E-state index contributed by atoms with van der Waals surface area (Å²) in [6.45, 7) is 2.28. The van der Waals surface area contributed by atoms with Crippen molar-refractivity contribution in [1.82, 2.24) is 5.43 Å². The minimum Gasteiger partial charge on any atom is -0.485 e. The summed E-state index contributed by atoms with van der Waals surface area (Å²) < 4.78 is 11.1.